The molecule has 1 aromatic carbocycles. The number of hydrogen-bond acceptors (Lipinski definition) is 5. The number of para-hydroxylation sites is 1. The molecule has 0 spiro atoms. The Hall–Kier alpha value is -2.19. The van der Waals surface area contributed by atoms with Gasteiger partial charge in [0.25, 0.3) is 5.91 Å². The molecular weight excluding hydrogens is 292 g/mol. The van der Waals surface area contributed by atoms with Crippen LogP contribution in [0.3, 0.4) is 0 Å². The third-order valence-corrected chi connectivity index (χ3v) is 2.74. The van der Waals surface area contributed by atoms with Gasteiger partial charge >= 0.3 is 11.7 Å². The normalized spacial score (nSPS) is 11.7. The van der Waals surface area contributed by atoms with E-state index in [9.17, 15) is 19.7 Å². The largest absolute Gasteiger partial charge is 0.480 e. The molecule has 1 aromatic rings. The maximum atomic E-state index is 11.9. The molecule has 0 radical (unpaired) electrons. The molecule has 0 saturated carbocycles. The smallest absolute Gasteiger partial charge is 0.326 e. The van der Waals surface area contributed by atoms with Crippen molar-refractivity contribution in [3.05, 3.63) is 38.9 Å². The van der Waals surface area contributed by atoms with Crippen molar-refractivity contribution in [3.63, 3.8) is 0 Å². The molecule has 0 aliphatic heterocycles. The van der Waals surface area contributed by atoms with E-state index < -0.39 is 35.1 Å². The number of halogens is 1. The Morgan fingerprint density at radius 3 is 2.60 bits per heavy atom. The van der Waals surface area contributed by atoms with Gasteiger partial charge in [0, 0.05) is 13.0 Å². The maximum absolute atomic E-state index is 11.9. The van der Waals surface area contributed by atoms with E-state index in [4.69, 9.17) is 21.8 Å². The summed E-state index contributed by atoms with van der Waals surface area (Å²) in [6.45, 7) is -0.450. The number of aliphatic hydroxyl groups is 1. The average Bonchev–Trinajstić information content (AvgIpc) is 2.37. The Morgan fingerprint density at radius 1 is 1.45 bits per heavy atom. The predicted octanol–water partition coefficient (Wildman–Crippen LogP) is 0.814. The first-order valence-electron chi connectivity index (χ1n) is 5.46. The molecule has 1 atom stereocenters. The van der Waals surface area contributed by atoms with Gasteiger partial charge in [0.2, 0.25) is 0 Å². The number of benzene rings is 1. The molecule has 1 amide bonds. The van der Waals surface area contributed by atoms with E-state index in [0.717, 1.165) is 6.07 Å². The Kier molecular flexibility index (Phi) is 5.42. The lowest BCUT2D eigenvalue weighted by atomic mass is 10.1. The van der Waals surface area contributed by atoms with Gasteiger partial charge in [0.05, 0.1) is 4.92 Å². The monoisotopic (exact) mass is 302 g/mol. The van der Waals surface area contributed by atoms with Crippen molar-refractivity contribution in [2.75, 3.05) is 6.61 Å². The SMILES string of the molecule is O=C(N[C@@H](CCO)C(=O)O)c1cccc(Cl)c1[N+](=O)[O-]. The zero-order valence-electron chi connectivity index (χ0n) is 10.1. The van der Waals surface area contributed by atoms with Crippen molar-refractivity contribution in [3.8, 4) is 0 Å². The standard InChI is InChI=1S/C11H11ClN2O6/c12-7-3-1-2-6(9(7)14(19)20)10(16)13-8(4-5-15)11(17)18/h1-3,8,15H,4-5H2,(H,13,16)(H,17,18)/t8-/m0/s1. The van der Waals surface area contributed by atoms with Crippen molar-refractivity contribution < 1.29 is 24.7 Å². The fraction of sp³-hybridized carbons (Fsp3) is 0.273. The van der Waals surface area contributed by atoms with E-state index in [0.29, 0.717) is 0 Å². The molecule has 0 aromatic heterocycles. The van der Waals surface area contributed by atoms with E-state index >= 15 is 0 Å². The molecule has 0 heterocycles. The Bertz CT molecular complexity index is 548. The molecular formula is C11H11ClN2O6. The summed E-state index contributed by atoms with van der Waals surface area (Å²) in [6.07, 6.45) is -0.213. The molecule has 1 rings (SSSR count). The number of nitro benzene ring substituents is 1. The van der Waals surface area contributed by atoms with Gasteiger partial charge in [-0.1, -0.05) is 17.7 Å². The van der Waals surface area contributed by atoms with Crippen molar-refractivity contribution in [1.29, 1.82) is 0 Å². The highest BCUT2D eigenvalue weighted by atomic mass is 35.5. The second kappa shape index (κ2) is 6.83. The minimum Gasteiger partial charge on any atom is -0.480 e. The Morgan fingerprint density at radius 2 is 2.10 bits per heavy atom. The van der Waals surface area contributed by atoms with Crippen LogP contribution < -0.4 is 5.32 Å². The van der Waals surface area contributed by atoms with Crippen LogP contribution in [0.2, 0.25) is 5.02 Å². The Labute approximate surface area is 118 Å². The molecule has 3 N–H and O–H groups in total. The first-order chi connectivity index (χ1) is 9.38. The molecule has 9 heteroatoms. The molecule has 0 unspecified atom stereocenters. The van der Waals surface area contributed by atoms with Crippen LogP contribution >= 0.6 is 11.6 Å². The number of aliphatic hydroxyl groups excluding tert-OH is 1. The number of nitrogens with zero attached hydrogens (tertiary/aromatic N) is 1. The van der Waals surface area contributed by atoms with Crippen LogP contribution in [0.1, 0.15) is 16.8 Å². The lowest BCUT2D eigenvalue weighted by molar-refractivity contribution is -0.385. The number of carbonyl (C=O) groups excluding carboxylic acids is 1. The van der Waals surface area contributed by atoms with Gasteiger partial charge in [-0.3, -0.25) is 14.9 Å². The quantitative estimate of drug-likeness (QED) is 0.526. The van der Waals surface area contributed by atoms with Gasteiger partial charge in [-0.15, -0.1) is 0 Å². The van der Waals surface area contributed by atoms with Gasteiger partial charge in [-0.25, -0.2) is 4.79 Å². The molecule has 108 valence electrons. The van der Waals surface area contributed by atoms with Crippen LogP contribution in [0.25, 0.3) is 0 Å². The number of carbonyl (C=O) groups is 2. The number of carboxylic acid groups (broad SMARTS) is 1. The zero-order chi connectivity index (χ0) is 15.3. The van der Waals surface area contributed by atoms with Gasteiger partial charge in [-0.2, -0.15) is 0 Å². The van der Waals surface area contributed by atoms with Gasteiger partial charge in [0.15, 0.2) is 0 Å². The fourth-order valence-electron chi connectivity index (χ4n) is 1.51. The van der Waals surface area contributed by atoms with Crippen molar-refractivity contribution in [1.82, 2.24) is 5.32 Å². The summed E-state index contributed by atoms with van der Waals surface area (Å²) >= 11 is 5.65. The van der Waals surface area contributed by atoms with Gasteiger partial charge < -0.3 is 15.5 Å². The minimum atomic E-state index is -1.35. The van der Waals surface area contributed by atoms with Crippen LogP contribution in [0.15, 0.2) is 18.2 Å². The first kappa shape index (κ1) is 15.9. The topological polar surface area (TPSA) is 130 Å². The summed E-state index contributed by atoms with van der Waals surface area (Å²) in [5.41, 5.74) is -0.938. The van der Waals surface area contributed by atoms with Crippen molar-refractivity contribution in [2.24, 2.45) is 0 Å². The third-order valence-electron chi connectivity index (χ3n) is 2.44. The summed E-state index contributed by atoms with van der Waals surface area (Å²) in [5.74, 6) is -2.29. The van der Waals surface area contributed by atoms with Crippen molar-refractivity contribution in [2.45, 2.75) is 12.5 Å². The highest BCUT2D eigenvalue weighted by Gasteiger charge is 2.27. The molecule has 0 bridgehead atoms. The summed E-state index contributed by atoms with van der Waals surface area (Å²) in [7, 11) is 0. The van der Waals surface area contributed by atoms with E-state index in [2.05, 4.69) is 5.32 Å². The highest BCUT2D eigenvalue weighted by molar-refractivity contribution is 6.33. The fourth-order valence-corrected chi connectivity index (χ4v) is 1.75. The number of nitrogens with one attached hydrogen (secondary N) is 1. The number of amides is 1. The average molecular weight is 303 g/mol. The minimum absolute atomic E-state index is 0.213. The summed E-state index contributed by atoms with van der Waals surface area (Å²) in [4.78, 5) is 32.8. The van der Waals surface area contributed by atoms with E-state index in [1.807, 2.05) is 0 Å². The van der Waals surface area contributed by atoms with Gasteiger partial charge in [0.1, 0.15) is 16.6 Å². The van der Waals surface area contributed by atoms with Crippen LogP contribution in [0.5, 0.6) is 0 Å². The summed E-state index contributed by atoms with van der Waals surface area (Å²) in [6, 6.07) is 2.41. The molecule has 0 saturated heterocycles. The molecule has 0 aliphatic rings. The number of hydrogen-bond donors (Lipinski definition) is 3. The predicted molar refractivity (Wildman–Crippen MR) is 68.7 cm³/mol. The molecule has 8 nitrogen and oxygen atoms in total. The lowest BCUT2D eigenvalue weighted by Gasteiger charge is -2.13. The highest BCUT2D eigenvalue weighted by Crippen LogP contribution is 2.28. The van der Waals surface area contributed by atoms with Crippen LogP contribution in [0.4, 0.5) is 5.69 Å². The van der Waals surface area contributed by atoms with Crippen molar-refractivity contribution >= 4 is 29.2 Å². The van der Waals surface area contributed by atoms with Crippen LogP contribution in [0, 0.1) is 10.1 Å². The van der Waals surface area contributed by atoms with Gasteiger partial charge in [-0.05, 0) is 12.1 Å². The first-order valence-corrected chi connectivity index (χ1v) is 5.83. The second-order valence-electron chi connectivity index (χ2n) is 3.77. The Balaban J connectivity index is 3.06. The van der Waals surface area contributed by atoms with E-state index in [1.54, 1.807) is 0 Å². The lowest BCUT2D eigenvalue weighted by Crippen LogP contribution is -2.41. The van der Waals surface area contributed by atoms with Crippen LogP contribution in [-0.2, 0) is 4.79 Å². The molecule has 20 heavy (non-hydrogen) atoms. The number of aliphatic carboxylic acids is 1. The number of rotatable bonds is 6. The second-order valence-corrected chi connectivity index (χ2v) is 4.18. The zero-order valence-corrected chi connectivity index (χ0v) is 10.8. The van der Waals surface area contributed by atoms with E-state index in [-0.39, 0.29) is 17.0 Å². The number of nitro groups is 1. The maximum Gasteiger partial charge on any atom is 0.326 e. The third kappa shape index (κ3) is 3.65. The summed E-state index contributed by atoms with van der Waals surface area (Å²) in [5, 5.41) is 30.3. The summed E-state index contributed by atoms with van der Waals surface area (Å²) < 4.78 is 0. The van der Waals surface area contributed by atoms with Crippen LogP contribution in [-0.4, -0.2) is 39.7 Å². The number of carboxylic acids is 1. The molecule has 0 aliphatic carbocycles. The molecule has 0 fully saturated rings. The van der Waals surface area contributed by atoms with E-state index in [1.165, 1.54) is 12.1 Å².